The van der Waals surface area contributed by atoms with Crippen LogP contribution in [0.2, 0.25) is 0 Å². The van der Waals surface area contributed by atoms with Gasteiger partial charge in [-0.3, -0.25) is 9.78 Å². The van der Waals surface area contributed by atoms with Gasteiger partial charge in [-0.25, -0.2) is 29.0 Å². The molecule has 0 aliphatic heterocycles. The molecular weight excluding hydrogens is 576 g/mol. The highest BCUT2D eigenvalue weighted by molar-refractivity contribution is 5.89. The van der Waals surface area contributed by atoms with Crippen LogP contribution in [0.5, 0.6) is 0 Å². The van der Waals surface area contributed by atoms with E-state index in [-0.39, 0.29) is 30.3 Å². The van der Waals surface area contributed by atoms with E-state index in [9.17, 15) is 19.2 Å². The van der Waals surface area contributed by atoms with Crippen molar-refractivity contribution in [1.29, 1.82) is 0 Å². The Morgan fingerprint density at radius 2 is 0.955 bits per heavy atom. The Morgan fingerprint density at radius 1 is 0.568 bits per heavy atom. The number of unbranched alkanes of at least 4 members (excludes halogenated alkanes) is 4. The maximum Gasteiger partial charge on any atom is 0.543 e. The monoisotopic (exact) mass is 618 g/mol. The second-order valence-electron chi connectivity index (χ2n) is 10.2. The van der Waals surface area contributed by atoms with Crippen molar-refractivity contribution in [3.05, 3.63) is 70.8 Å². The van der Waals surface area contributed by atoms with Crippen LogP contribution in [-0.2, 0) is 51.9 Å². The van der Waals surface area contributed by atoms with Crippen LogP contribution < -0.4 is 0 Å². The normalized spacial score (nSPS) is 10.6. The van der Waals surface area contributed by atoms with Crippen LogP contribution in [0.25, 0.3) is 0 Å². The van der Waals surface area contributed by atoms with Crippen LogP contribution in [-0.4, -0.2) is 37.5 Å². The van der Waals surface area contributed by atoms with Gasteiger partial charge in [-0.05, 0) is 79.8 Å². The van der Waals surface area contributed by atoms with Gasteiger partial charge in [0.05, 0.1) is 34.4 Å². The highest BCUT2D eigenvalue weighted by atomic mass is 17.5. The Morgan fingerprint density at radius 3 is 1.32 bits per heavy atom. The highest BCUT2D eigenvalue weighted by Crippen LogP contribution is 2.12. The molecular formula is C32H42O12. The number of hydrogen-bond donors (Lipinski definition) is 0. The standard InChI is InChI=1S/C32H42O12/c1-4-6-8-10-25-12-16-27(17-13-25)29(33)39-43-41-31(35)37-22-20-24(3)21-23-38-32(36)42-44-40-30(34)28-18-14-26(15-19-28)11-9-7-5-2/h12-19,24H,4-11,20-23H2,1-3H3. The molecule has 0 N–H and O–H groups in total. The first-order valence-electron chi connectivity index (χ1n) is 14.9. The molecule has 242 valence electrons. The van der Waals surface area contributed by atoms with Gasteiger partial charge in [0, 0.05) is 0 Å². The largest absolute Gasteiger partial charge is 0.543 e. The summed E-state index contributed by atoms with van der Waals surface area (Å²) in [7, 11) is 0. The van der Waals surface area contributed by atoms with E-state index in [2.05, 4.69) is 43.5 Å². The van der Waals surface area contributed by atoms with Gasteiger partial charge in [0.25, 0.3) is 0 Å². The smallest absolute Gasteiger partial charge is 0.432 e. The van der Waals surface area contributed by atoms with Gasteiger partial charge < -0.3 is 9.47 Å². The summed E-state index contributed by atoms with van der Waals surface area (Å²) in [6.45, 7) is 6.05. The lowest BCUT2D eigenvalue weighted by Crippen LogP contribution is -2.15. The summed E-state index contributed by atoms with van der Waals surface area (Å²) in [5.41, 5.74) is 2.71. The number of carbonyl (C=O) groups excluding carboxylic acids is 4. The first-order chi connectivity index (χ1) is 21.3. The topological polar surface area (TPSA) is 142 Å². The zero-order valence-corrected chi connectivity index (χ0v) is 25.6. The van der Waals surface area contributed by atoms with E-state index in [0.29, 0.717) is 12.8 Å². The molecule has 0 aromatic heterocycles. The summed E-state index contributed by atoms with van der Waals surface area (Å²) < 4.78 is 9.70. The molecule has 0 aliphatic carbocycles. The molecule has 2 aromatic rings. The Balaban J connectivity index is 1.49. The van der Waals surface area contributed by atoms with Gasteiger partial charge in [0.2, 0.25) is 0 Å². The van der Waals surface area contributed by atoms with Crippen molar-refractivity contribution in [2.24, 2.45) is 5.92 Å². The predicted molar refractivity (Wildman–Crippen MR) is 156 cm³/mol. The minimum absolute atomic E-state index is 0.0250. The van der Waals surface area contributed by atoms with Gasteiger partial charge in [0.15, 0.2) is 0 Å². The fourth-order valence-electron chi connectivity index (χ4n) is 3.90. The number of carbonyl (C=O) groups is 4. The molecule has 0 amide bonds. The van der Waals surface area contributed by atoms with Crippen molar-refractivity contribution in [3.63, 3.8) is 0 Å². The maximum atomic E-state index is 12.0. The fourth-order valence-corrected chi connectivity index (χ4v) is 3.90. The number of aryl methyl sites for hydroxylation is 2. The van der Waals surface area contributed by atoms with Gasteiger partial charge in [-0.15, -0.1) is 0 Å². The molecule has 0 heterocycles. The SMILES string of the molecule is CCCCCc1ccc(C(=O)OOOC(=O)OCCC(C)CCOC(=O)OOOC(=O)c2ccc(CCCCC)cc2)cc1. The molecule has 0 spiro atoms. The van der Waals surface area contributed by atoms with E-state index in [4.69, 9.17) is 9.47 Å². The lowest BCUT2D eigenvalue weighted by atomic mass is 10.1. The minimum Gasteiger partial charge on any atom is -0.432 e. The number of rotatable bonds is 20. The average molecular weight is 619 g/mol. The quantitative estimate of drug-likeness (QED) is 0.0624. The van der Waals surface area contributed by atoms with Crippen molar-refractivity contribution >= 4 is 24.2 Å². The molecule has 2 aromatic carbocycles. The maximum absolute atomic E-state index is 12.0. The summed E-state index contributed by atoms with van der Waals surface area (Å²) in [6, 6.07) is 13.7. The van der Waals surface area contributed by atoms with Crippen molar-refractivity contribution in [1.82, 2.24) is 0 Å². The highest BCUT2D eigenvalue weighted by Gasteiger charge is 2.15. The minimum atomic E-state index is -1.19. The molecule has 0 saturated heterocycles. The van der Waals surface area contributed by atoms with Crippen molar-refractivity contribution in [3.8, 4) is 0 Å². The predicted octanol–water partition coefficient (Wildman–Crippen LogP) is 7.58. The van der Waals surface area contributed by atoms with Crippen LogP contribution in [0.1, 0.15) is 104 Å². The molecule has 0 bridgehead atoms. The van der Waals surface area contributed by atoms with Gasteiger partial charge >= 0.3 is 24.2 Å². The van der Waals surface area contributed by atoms with Gasteiger partial charge in [0.1, 0.15) is 0 Å². The lowest BCUT2D eigenvalue weighted by molar-refractivity contribution is -0.452. The van der Waals surface area contributed by atoms with Crippen molar-refractivity contribution in [2.45, 2.75) is 85.0 Å². The summed E-state index contributed by atoms with van der Waals surface area (Å²) >= 11 is 0. The van der Waals surface area contributed by atoms with Gasteiger partial charge in [-0.2, -0.15) is 0 Å². The Bertz CT molecular complexity index is 1040. The molecule has 0 atom stereocenters. The summed E-state index contributed by atoms with van der Waals surface area (Å²) in [5.74, 6) is -1.67. The third-order valence-corrected chi connectivity index (χ3v) is 6.60. The van der Waals surface area contributed by atoms with E-state index in [1.807, 2.05) is 31.2 Å². The zero-order valence-electron chi connectivity index (χ0n) is 25.6. The third kappa shape index (κ3) is 15.4. The van der Waals surface area contributed by atoms with Crippen LogP contribution >= 0.6 is 0 Å². The zero-order chi connectivity index (χ0) is 32.0. The first kappa shape index (κ1) is 36.0. The second-order valence-corrected chi connectivity index (χ2v) is 10.2. The van der Waals surface area contributed by atoms with E-state index >= 15 is 0 Å². The summed E-state index contributed by atoms with van der Waals surface area (Å²) in [6.07, 6.45) is 6.98. The first-order valence-corrected chi connectivity index (χ1v) is 14.9. The van der Waals surface area contributed by atoms with Crippen LogP contribution in [0, 0.1) is 5.92 Å². The average Bonchev–Trinajstić information content (AvgIpc) is 3.02. The fraction of sp³-hybridized carbons (Fsp3) is 0.500. The van der Waals surface area contributed by atoms with E-state index in [1.165, 1.54) is 0 Å². The van der Waals surface area contributed by atoms with Gasteiger partial charge in [-0.1, -0.05) is 70.7 Å². The van der Waals surface area contributed by atoms with E-state index in [0.717, 1.165) is 62.5 Å². The van der Waals surface area contributed by atoms with Crippen molar-refractivity contribution < 1.29 is 58.3 Å². The number of hydrogen-bond acceptors (Lipinski definition) is 12. The van der Waals surface area contributed by atoms with E-state index < -0.39 is 24.2 Å². The molecule has 12 nitrogen and oxygen atoms in total. The molecule has 44 heavy (non-hydrogen) atoms. The van der Waals surface area contributed by atoms with Crippen LogP contribution in [0.3, 0.4) is 0 Å². The third-order valence-electron chi connectivity index (χ3n) is 6.60. The van der Waals surface area contributed by atoms with Crippen LogP contribution in [0.4, 0.5) is 9.59 Å². The molecule has 12 heteroatoms. The van der Waals surface area contributed by atoms with Crippen LogP contribution in [0.15, 0.2) is 48.5 Å². The van der Waals surface area contributed by atoms with Crippen molar-refractivity contribution in [2.75, 3.05) is 13.2 Å². The second kappa shape index (κ2) is 21.5. The summed E-state index contributed by atoms with van der Waals surface area (Å²) in [5, 5.41) is 8.45. The van der Waals surface area contributed by atoms with E-state index in [1.54, 1.807) is 24.3 Å². The molecule has 0 radical (unpaired) electrons. The number of benzene rings is 2. The molecule has 0 aliphatic rings. The Hall–Kier alpha value is -4.16. The molecule has 2 rings (SSSR count). The molecule has 0 unspecified atom stereocenters. The Labute approximate surface area is 257 Å². The molecule has 0 saturated carbocycles. The Kier molecular flexibility index (Phi) is 17.6. The lowest BCUT2D eigenvalue weighted by Gasteiger charge is -2.11. The number of ether oxygens (including phenoxy) is 2. The molecule has 0 fully saturated rings. The summed E-state index contributed by atoms with van der Waals surface area (Å²) in [4.78, 5) is 64.7.